The van der Waals surface area contributed by atoms with Gasteiger partial charge < -0.3 is 42.7 Å². The van der Waals surface area contributed by atoms with Crippen LogP contribution in [0.1, 0.15) is 26.2 Å². The van der Waals surface area contributed by atoms with Gasteiger partial charge in [-0.1, -0.05) is 0 Å². The molecule has 10 N–H and O–H groups in total. The minimum atomic E-state index is -1.67. The summed E-state index contributed by atoms with van der Waals surface area (Å²) in [5.41, 5.74) is 10.5. The fourth-order valence-corrected chi connectivity index (χ4v) is 1.96. The first-order valence-corrected chi connectivity index (χ1v) is 8.39. The summed E-state index contributed by atoms with van der Waals surface area (Å²) >= 11 is 0. The molecule has 0 aromatic carbocycles. The van der Waals surface area contributed by atoms with Crippen LogP contribution >= 0.6 is 0 Å². The highest BCUT2D eigenvalue weighted by molar-refractivity contribution is 5.96. The average molecular weight is 419 g/mol. The molecule has 0 rings (SSSR count). The van der Waals surface area contributed by atoms with Gasteiger partial charge in [-0.15, -0.1) is 0 Å². The van der Waals surface area contributed by atoms with Crippen LogP contribution in [-0.2, 0) is 28.8 Å². The second kappa shape index (κ2) is 12.2. The van der Waals surface area contributed by atoms with Gasteiger partial charge >= 0.3 is 11.9 Å². The second-order valence-electron chi connectivity index (χ2n) is 6.08. The Labute approximate surface area is 165 Å². The van der Waals surface area contributed by atoms with E-state index in [0.717, 1.165) is 0 Å². The molecular formula is C15H25N5O9. The van der Waals surface area contributed by atoms with E-state index in [9.17, 15) is 28.8 Å². The topological polar surface area (TPSA) is 251 Å². The molecule has 0 heterocycles. The van der Waals surface area contributed by atoms with Crippen molar-refractivity contribution in [3.05, 3.63) is 0 Å². The van der Waals surface area contributed by atoms with Crippen molar-refractivity contribution in [1.82, 2.24) is 16.0 Å². The number of primary amides is 1. The molecule has 164 valence electrons. The van der Waals surface area contributed by atoms with E-state index in [4.69, 9.17) is 26.8 Å². The number of hydrogen-bond donors (Lipinski definition) is 8. The van der Waals surface area contributed by atoms with Crippen molar-refractivity contribution < 1.29 is 44.1 Å². The smallest absolute Gasteiger partial charge is 0.328 e. The number of nitrogens with one attached hydrogen (secondary N) is 3. The molecule has 0 aromatic rings. The molecule has 14 heteroatoms. The fraction of sp³-hybridized carbons (Fsp3) is 0.600. The molecule has 0 aliphatic heterocycles. The molecule has 29 heavy (non-hydrogen) atoms. The quantitative estimate of drug-likeness (QED) is 0.142. The first-order valence-electron chi connectivity index (χ1n) is 8.39. The molecule has 0 aromatic heterocycles. The van der Waals surface area contributed by atoms with Gasteiger partial charge in [0.05, 0.1) is 19.1 Å². The number of hydrogen-bond acceptors (Lipinski definition) is 8. The minimum Gasteiger partial charge on any atom is -0.481 e. The van der Waals surface area contributed by atoms with E-state index in [1.807, 2.05) is 5.32 Å². The second-order valence-corrected chi connectivity index (χ2v) is 6.08. The van der Waals surface area contributed by atoms with Crippen molar-refractivity contribution in [2.24, 2.45) is 11.5 Å². The maximum absolute atomic E-state index is 12.2. The van der Waals surface area contributed by atoms with Gasteiger partial charge in [0.15, 0.2) is 0 Å². The summed E-state index contributed by atoms with van der Waals surface area (Å²) in [6.07, 6.45) is -1.19. The highest BCUT2D eigenvalue weighted by Crippen LogP contribution is 1.98. The largest absolute Gasteiger partial charge is 0.481 e. The molecule has 4 amide bonds. The van der Waals surface area contributed by atoms with Crippen molar-refractivity contribution in [3.63, 3.8) is 0 Å². The Morgan fingerprint density at radius 3 is 1.90 bits per heavy atom. The Hall–Kier alpha value is -3.26. The van der Waals surface area contributed by atoms with Crippen LogP contribution < -0.4 is 27.4 Å². The maximum atomic E-state index is 12.2. The van der Waals surface area contributed by atoms with Crippen LogP contribution in [0.15, 0.2) is 0 Å². The Morgan fingerprint density at radius 1 is 0.897 bits per heavy atom. The summed E-state index contributed by atoms with van der Waals surface area (Å²) in [6.45, 7) is 0.309. The maximum Gasteiger partial charge on any atom is 0.328 e. The fourth-order valence-electron chi connectivity index (χ4n) is 1.96. The predicted molar refractivity (Wildman–Crippen MR) is 94.8 cm³/mol. The summed E-state index contributed by atoms with van der Waals surface area (Å²) in [6, 6.07) is -5.64. The van der Waals surface area contributed by atoms with Crippen LogP contribution in [-0.4, -0.2) is 81.7 Å². The monoisotopic (exact) mass is 419 g/mol. The Balaban J connectivity index is 4.97. The normalized spacial score (nSPS) is 14.6. The first kappa shape index (κ1) is 25.7. The molecule has 0 saturated carbocycles. The van der Waals surface area contributed by atoms with Crippen LogP contribution in [0, 0.1) is 0 Å². The third-order valence-electron chi connectivity index (χ3n) is 3.59. The number of nitrogens with two attached hydrogens (primary N) is 2. The lowest BCUT2D eigenvalue weighted by Crippen LogP contribution is -2.57. The molecule has 0 radical (unpaired) electrons. The number of carboxylic acid groups (broad SMARTS) is 2. The number of aliphatic hydroxyl groups is 1. The van der Waals surface area contributed by atoms with Crippen LogP contribution in [0.3, 0.4) is 0 Å². The Morgan fingerprint density at radius 2 is 1.45 bits per heavy atom. The lowest BCUT2D eigenvalue weighted by atomic mass is 10.1. The lowest BCUT2D eigenvalue weighted by molar-refractivity contribution is -0.143. The van der Waals surface area contributed by atoms with Crippen molar-refractivity contribution >= 4 is 35.6 Å². The third-order valence-corrected chi connectivity index (χ3v) is 3.59. The number of aliphatic carboxylic acids is 2. The Bertz CT molecular complexity index is 654. The van der Waals surface area contributed by atoms with Gasteiger partial charge in [0.2, 0.25) is 23.6 Å². The van der Waals surface area contributed by atoms with Gasteiger partial charge in [0.1, 0.15) is 18.1 Å². The molecule has 4 atom stereocenters. The summed E-state index contributed by atoms with van der Waals surface area (Å²) in [4.78, 5) is 68.7. The Kier molecular flexibility index (Phi) is 10.9. The first-order chi connectivity index (χ1) is 13.4. The van der Waals surface area contributed by atoms with Crippen molar-refractivity contribution in [2.75, 3.05) is 6.61 Å². The molecule has 0 fully saturated rings. The molecular weight excluding hydrogens is 394 g/mol. The predicted octanol–water partition coefficient (Wildman–Crippen LogP) is -4.39. The zero-order valence-electron chi connectivity index (χ0n) is 15.6. The summed E-state index contributed by atoms with van der Waals surface area (Å²) in [7, 11) is 0. The van der Waals surface area contributed by atoms with Gasteiger partial charge in [-0.25, -0.2) is 4.79 Å². The molecule has 0 spiro atoms. The molecule has 14 nitrogen and oxygen atoms in total. The number of carbonyl (C=O) groups excluding carboxylic acids is 4. The van der Waals surface area contributed by atoms with E-state index >= 15 is 0 Å². The van der Waals surface area contributed by atoms with E-state index in [0.29, 0.717) is 0 Å². The number of aliphatic hydroxyl groups excluding tert-OH is 1. The van der Waals surface area contributed by atoms with E-state index in [1.54, 1.807) is 0 Å². The van der Waals surface area contributed by atoms with Crippen molar-refractivity contribution in [2.45, 2.75) is 50.4 Å². The standard InChI is InChI=1S/C15H25N5O9/c1-6(18-13(26)7(16)2-3-11(23)24)12(25)19-8(4-10(17)22)14(27)20-9(5-21)15(28)29/h6-9,21H,2-5,16H2,1H3,(H2,17,22)(H,18,26)(H,19,25)(H,20,27)(H,23,24)(H,28,29). The number of rotatable bonds is 13. The van der Waals surface area contributed by atoms with Gasteiger partial charge in [-0.2, -0.15) is 0 Å². The average Bonchev–Trinajstić information content (AvgIpc) is 2.62. The highest BCUT2D eigenvalue weighted by atomic mass is 16.4. The molecule has 0 aliphatic carbocycles. The zero-order valence-corrected chi connectivity index (χ0v) is 15.6. The van der Waals surface area contributed by atoms with Crippen molar-refractivity contribution in [1.29, 1.82) is 0 Å². The molecule has 0 bridgehead atoms. The van der Waals surface area contributed by atoms with Crippen LogP contribution in [0.2, 0.25) is 0 Å². The molecule has 0 saturated heterocycles. The summed E-state index contributed by atoms with van der Waals surface area (Å²) < 4.78 is 0. The summed E-state index contributed by atoms with van der Waals surface area (Å²) in [5.74, 6) is -6.48. The van der Waals surface area contributed by atoms with Gasteiger partial charge in [-0.3, -0.25) is 24.0 Å². The molecule has 0 aliphatic rings. The van der Waals surface area contributed by atoms with Gasteiger partial charge in [0.25, 0.3) is 0 Å². The van der Waals surface area contributed by atoms with Gasteiger partial charge in [-0.05, 0) is 13.3 Å². The zero-order chi connectivity index (χ0) is 22.7. The van der Waals surface area contributed by atoms with E-state index in [2.05, 4.69) is 10.6 Å². The number of carboxylic acids is 2. The van der Waals surface area contributed by atoms with Crippen molar-refractivity contribution in [3.8, 4) is 0 Å². The van der Waals surface area contributed by atoms with E-state index in [1.165, 1.54) is 6.92 Å². The lowest BCUT2D eigenvalue weighted by Gasteiger charge is -2.22. The number of carbonyl (C=O) groups is 6. The minimum absolute atomic E-state index is 0.167. The van der Waals surface area contributed by atoms with E-state index < -0.39 is 72.8 Å². The summed E-state index contributed by atoms with van der Waals surface area (Å²) in [5, 5.41) is 32.6. The van der Waals surface area contributed by atoms with E-state index in [-0.39, 0.29) is 12.8 Å². The SMILES string of the molecule is CC(NC(=O)C(N)CCC(=O)O)C(=O)NC(CC(N)=O)C(=O)NC(CO)C(=O)O. The number of amides is 4. The van der Waals surface area contributed by atoms with Crippen LogP contribution in [0.5, 0.6) is 0 Å². The van der Waals surface area contributed by atoms with Crippen LogP contribution in [0.4, 0.5) is 0 Å². The molecule has 4 unspecified atom stereocenters. The van der Waals surface area contributed by atoms with Gasteiger partial charge in [0, 0.05) is 6.42 Å². The highest BCUT2D eigenvalue weighted by Gasteiger charge is 2.29. The van der Waals surface area contributed by atoms with Crippen LogP contribution in [0.25, 0.3) is 0 Å². The third kappa shape index (κ3) is 10.0.